The summed E-state index contributed by atoms with van der Waals surface area (Å²) < 4.78 is 18.5. The predicted molar refractivity (Wildman–Crippen MR) is 177 cm³/mol. The minimum absolute atomic E-state index is 0.857. The summed E-state index contributed by atoms with van der Waals surface area (Å²) in [7, 11) is 0. The lowest BCUT2D eigenvalue weighted by atomic mass is 9.84. The Hall–Kier alpha value is -5.80. The summed E-state index contributed by atoms with van der Waals surface area (Å²) in [4.78, 5) is 0. The van der Waals surface area contributed by atoms with Crippen LogP contribution < -0.4 is 0 Å². The number of furan rings is 3. The van der Waals surface area contributed by atoms with Gasteiger partial charge >= 0.3 is 0 Å². The van der Waals surface area contributed by atoms with Crippen LogP contribution in [0.5, 0.6) is 0 Å². The van der Waals surface area contributed by atoms with E-state index in [2.05, 4.69) is 97.1 Å². The number of benzene rings is 7. The average Bonchev–Trinajstić information content (AvgIpc) is 3.78. The molecule has 0 N–H and O–H groups in total. The Kier molecular flexibility index (Phi) is 4.45. The lowest BCUT2D eigenvalue weighted by Crippen LogP contribution is -1.91. The maximum Gasteiger partial charge on any atom is 0.136 e. The Bertz CT molecular complexity index is 2680. The normalized spacial score (nSPS) is 12.2. The van der Waals surface area contributed by atoms with Gasteiger partial charge in [0.1, 0.15) is 27.9 Å². The molecule has 0 amide bonds. The van der Waals surface area contributed by atoms with Gasteiger partial charge < -0.3 is 13.3 Å². The molecule has 3 aromatic heterocycles. The van der Waals surface area contributed by atoms with Gasteiger partial charge in [0.2, 0.25) is 0 Å². The van der Waals surface area contributed by atoms with Gasteiger partial charge in [0.15, 0.2) is 0 Å². The van der Waals surface area contributed by atoms with Crippen molar-refractivity contribution in [2.75, 3.05) is 0 Å². The molecule has 0 saturated carbocycles. The van der Waals surface area contributed by atoms with Crippen LogP contribution in [0, 0.1) is 0 Å². The molecule has 200 valence electrons. The van der Waals surface area contributed by atoms with Gasteiger partial charge in [-0.3, -0.25) is 0 Å². The molecule has 0 aliphatic carbocycles. The summed E-state index contributed by atoms with van der Waals surface area (Å²) in [6.45, 7) is 0. The Morgan fingerprint density at radius 2 is 0.953 bits per heavy atom. The SMILES string of the molecule is c1ccc2c(c1)oc1cc(-c3c4ccccc4c(-c4cccc5oc6ccc7occc7c6c45)c4ccccc34)ccc12. The van der Waals surface area contributed by atoms with E-state index in [4.69, 9.17) is 13.3 Å². The smallest absolute Gasteiger partial charge is 0.136 e. The van der Waals surface area contributed by atoms with E-state index in [0.717, 1.165) is 66.0 Å². The molecule has 0 spiro atoms. The predicted octanol–water partition coefficient (Wildman–Crippen LogP) is 11.9. The molecular weight excluding hydrogens is 528 g/mol. The quantitative estimate of drug-likeness (QED) is 0.201. The Morgan fingerprint density at radius 3 is 1.74 bits per heavy atom. The molecular formula is C40H22O3. The topological polar surface area (TPSA) is 39.4 Å². The fraction of sp³-hybridized carbons (Fsp3) is 0. The first-order valence-corrected chi connectivity index (χ1v) is 14.5. The van der Waals surface area contributed by atoms with Gasteiger partial charge in [0.25, 0.3) is 0 Å². The fourth-order valence-electron chi connectivity index (χ4n) is 7.18. The average molecular weight is 551 g/mol. The molecule has 0 atom stereocenters. The molecule has 0 fully saturated rings. The van der Waals surface area contributed by atoms with Crippen LogP contribution in [0.25, 0.3) is 98.6 Å². The molecule has 0 saturated heterocycles. The number of para-hydroxylation sites is 1. The van der Waals surface area contributed by atoms with Crippen LogP contribution in [0.3, 0.4) is 0 Å². The van der Waals surface area contributed by atoms with Gasteiger partial charge in [-0.05, 0) is 86.3 Å². The summed E-state index contributed by atoms with van der Waals surface area (Å²) >= 11 is 0. The van der Waals surface area contributed by atoms with Crippen molar-refractivity contribution < 1.29 is 13.3 Å². The molecule has 10 rings (SSSR count). The van der Waals surface area contributed by atoms with Crippen LogP contribution in [0.1, 0.15) is 0 Å². The highest BCUT2D eigenvalue weighted by molar-refractivity contribution is 6.28. The lowest BCUT2D eigenvalue weighted by Gasteiger charge is -2.18. The van der Waals surface area contributed by atoms with Crippen molar-refractivity contribution in [3.05, 3.63) is 134 Å². The molecule has 0 unspecified atom stereocenters. The molecule has 10 aromatic rings. The van der Waals surface area contributed by atoms with Gasteiger partial charge in [-0.2, -0.15) is 0 Å². The number of fused-ring (bicyclic) bond motifs is 10. The third-order valence-corrected chi connectivity index (χ3v) is 8.96. The lowest BCUT2D eigenvalue weighted by molar-refractivity contribution is 0.615. The molecule has 43 heavy (non-hydrogen) atoms. The van der Waals surface area contributed by atoms with Crippen LogP contribution >= 0.6 is 0 Å². The first-order valence-electron chi connectivity index (χ1n) is 14.5. The zero-order valence-electron chi connectivity index (χ0n) is 22.9. The molecule has 7 aromatic carbocycles. The third kappa shape index (κ3) is 3.08. The zero-order valence-corrected chi connectivity index (χ0v) is 22.9. The van der Waals surface area contributed by atoms with Gasteiger partial charge in [-0.25, -0.2) is 0 Å². The van der Waals surface area contributed by atoms with E-state index < -0.39 is 0 Å². The minimum Gasteiger partial charge on any atom is -0.464 e. The molecule has 0 radical (unpaired) electrons. The van der Waals surface area contributed by atoms with E-state index >= 15 is 0 Å². The summed E-state index contributed by atoms with van der Waals surface area (Å²) in [6.07, 6.45) is 1.75. The standard InChI is InChI=1S/C40H22O3/c1-3-11-28-26(9-1)37(23-16-17-25-24-8-5-6-14-33(24)42-36(25)22-23)27-10-2-4-12-29(27)38(28)31-13-7-15-34-40(31)39-30-20-21-41-32(30)18-19-35(39)43-34/h1-22H. The maximum absolute atomic E-state index is 6.42. The highest BCUT2D eigenvalue weighted by Gasteiger charge is 2.22. The van der Waals surface area contributed by atoms with Crippen LogP contribution in [0.4, 0.5) is 0 Å². The van der Waals surface area contributed by atoms with E-state index in [-0.39, 0.29) is 0 Å². The second kappa shape index (κ2) is 8.37. The van der Waals surface area contributed by atoms with E-state index in [1.165, 1.54) is 32.7 Å². The summed E-state index contributed by atoms with van der Waals surface area (Å²) in [6, 6.07) is 44.8. The first-order chi connectivity index (χ1) is 21.3. The Balaban J connectivity index is 1.35. The van der Waals surface area contributed by atoms with E-state index in [1.807, 2.05) is 30.3 Å². The van der Waals surface area contributed by atoms with E-state index in [9.17, 15) is 0 Å². The van der Waals surface area contributed by atoms with Gasteiger partial charge in [-0.15, -0.1) is 0 Å². The number of hydrogen-bond acceptors (Lipinski definition) is 3. The van der Waals surface area contributed by atoms with Crippen LogP contribution in [0.2, 0.25) is 0 Å². The molecule has 0 aliphatic rings. The molecule has 3 heterocycles. The molecule has 3 nitrogen and oxygen atoms in total. The molecule has 0 aliphatic heterocycles. The van der Waals surface area contributed by atoms with Crippen LogP contribution in [0.15, 0.2) is 147 Å². The van der Waals surface area contributed by atoms with Gasteiger partial charge in [0.05, 0.1) is 6.26 Å². The van der Waals surface area contributed by atoms with Gasteiger partial charge in [-0.1, -0.05) is 84.9 Å². The molecule has 3 heteroatoms. The van der Waals surface area contributed by atoms with Crippen molar-refractivity contribution in [2.45, 2.75) is 0 Å². The van der Waals surface area contributed by atoms with Crippen molar-refractivity contribution >= 4 is 76.4 Å². The maximum atomic E-state index is 6.42. The monoisotopic (exact) mass is 550 g/mol. The van der Waals surface area contributed by atoms with Crippen molar-refractivity contribution in [1.29, 1.82) is 0 Å². The Morgan fingerprint density at radius 1 is 0.349 bits per heavy atom. The highest BCUT2D eigenvalue weighted by Crippen LogP contribution is 2.48. The summed E-state index contributed by atoms with van der Waals surface area (Å²) in [5.41, 5.74) is 9.09. The Labute approximate surface area is 245 Å². The second-order valence-electron chi connectivity index (χ2n) is 11.2. The summed E-state index contributed by atoms with van der Waals surface area (Å²) in [5.74, 6) is 0. The molecule has 0 bridgehead atoms. The largest absolute Gasteiger partial charge is 0.464 e. The minimum atomic E-state index is 0.857. The highest BCUT2D eigenvalue weighted by atomic mass is 16.3. The fourth-order valence-corrected chi connectivity index (χ4v) is 7.18. The van der Waals surface area contributed by atoms with E-state index in [0.29, 0.717) is 0 Å². The number of rotatable bonds is 2. The van der Waals surface area contributed by atoms with Crippen molar-refractivity contribution in [1.82, 2.24) is 0 Å². The van der Waals surface area contributed by atoms with Gasteiger partial charge in [0, 0.05) is 26.9 Å². The van der Waals surface area contributed by atoms with Crippen molar-refractivity contribution in [3.8, 4) is 22.3 Å². The van der Waals surface area contributed by atoms with Crippen LogP contribution in [-0.4, -0.2) is 0 Å². The number of hydrogen-bond donors (Lipinski definition) is 0. The van der Waals surface area contributed by atoms with Crippen LogP contribution in [-0.2, 0) is 0 Å². The first kappa shape index (κ1) is 22.8. The zero-order chi connectivity index (χ0) is 28.1. The third-order valence-electron chi connectivity index (χ3n) is 8.96. The van der Waals surface area contributed by atoms with Crippen molar-refractivity contribution in [3.63, 3.8) is 0 Å². The summed E-state index contributed by atoms with van der Waals surface area (Å²) in [5, 5.41) is 10.3. The van der Waals surface area contributed by atoms with Crippen molar-refractivity contribution in [2.24, 2.45) is 0 Å². The second-order valence-corrected chi connectivity index (χ2v) is 11.2. The van der Waals surface area contributed by atoms with E-state index in [1.54, 1.807) is 6.26 Å².